The number of fused-ring (bicyclic) bond motifs is 4. The summed E-state index contributed by atoms with van der Waals surface area (Å²) in [5.74, 6) is 0.341. The minimum Gasteiger partial charge on any atom is -0.311 e. The molecule has 6 heteroatoms. The molecule has 1 spiro atoms. The SMILES string of the molecule is CCN1C(=O)[C@@]2(CC(=O)Nc3c2cnn3-c2ccccc2)c2cccc(C)c21. The minimum absolute atomic E-state index is 0.0528. The molecular weight excluding hydrogens is 352 g/mol. The fourth-order valence-electron chi connectivity index (χ4n) is 4.60. The first-order chi connectivity index (χ1) is 13.6. The van der Waals surface area contributed by atoms with Gasteiger partial charge in [0.1, 0.15) is 11.2 Å². The van der Waals surface area contributed by atoms with E-state index in [1.807, 2.05) is 62.4 Å². The van der Waals surface area contributed by atoms with Crippen LogP contribution in [0.2, 0.25) is 0 Å². The number of para-hydroxylation sites is 2. The zero-order chi connectivity index (χ0) is 19.5. The summed E-state index contributed by atoms with van der Waals surface area (Å²) in [5, 5.41) is 7.48. The standard InChI is InChI=1S/C22H20N4O2/c1-3-25-19-14(2)8-7-11-16(19)22(21(25)28)12-18(27)24-20-17(22)13-23-26(20)15-9-5-4-6-10-15/h4-11,13H,3,12H2,1-2H3,(H,24,27)/t22-/m0/s1. The average Bonchev–Trinajstić information content (AvgIpc) is 3.22. The first-order valence-corrected chi connectivity index (χ1v) is 9.43. The van der Waals surface area contributed by atoms with Crippen LogP contribution in [0, 0.1) is 6.92 Å². The number of likely N-dealkylation sites (N-methyl/N-ethyl adjacent to an activating group) is 1. The molecule has 3 aromatic rings. The molecule has 0 unspecified atom stereocenters. The van der Waals surface area contributed by atoms with Crippen LogP contribution in [0.5, 0.6) is 0 Å². The Morgan fingerprint density at radius 2 is 1.86 bits per heavy atom. The van der Waals surface area contributed by atoms with E-state index in [-0.39, 0.29) is 18.2 Å². The predicted octanol–water partition coefficient (Wildman–Crippen LogP) is 3.18. The lowest BCUT2D eigenvalue weighted by Gasteiger charge is -2.32. The summed E-state index contributed by atoms with van der Waals surface area (Å²) in [6.07, 6.45) is 1.82. The quantitative estimate of drug-likeness (QED) is 0.751. The topological polar surface area (TPSA) is 67.2 Å². The van der Waals surface area contributed by atoms with Gasteiger partial charge in [-0.2, -0.15) is 5.10 Å². The second-order valence-corrected chi connectivity index (χ2v) is 7.30. The Morgan fingerprint density at radius 1 is 1.07 bits per heavy atom. The second-order valence-electron chi connectivity index (χ2n) is 7.30. The van der Waals surface area contributed by atoms with Crippen LogP contribution < -0.4 is 10.2 Å². The molecule has 0 saturated heterocycles. The van der Waals surface area contributed by atoms with E-state index in [9.17, 15) is 9.59 Å². The summed E-state index contributed by atoms with van der Waals surface area (Å²) in [7, 11) is 0. The minimum atomic E-state index is -1.03. The van der Waals surface area contributed by atoms with Crippen molar-refractivity contribution in [2.75, 3.05) is 16.8 Å². The van der Waals surface area contributed by atoms with Gasteiger partial charge in [-0.15, -0.1) is 0 Å². The summed E-state index contributed by atoms with van der Waals surface area (Å²) in [6.45, 7) is 4.53. The van der Waals surface area contributed by atoms with Crippen LogP contribution in [0.15, 0.2) is 54.7 Å². The van der Waals surface area contributed by atoms with Gasteiger partial charge in [0, 0.05) is 18.5 Å². The van der Waals surface area contributed by atoms with E-state index in [1.165, 1.54) is 0 Å². The molecule has 1 atom stereocenters. The van der Waals surface area contributed by atoms with Gasteiger partial charge >= 0.3 is 0 Å². The van der Waals surface area contributed by atoms with E-state index in [4.69, 9.17) is 0 Å². The normalized spacial score (nSPS) is 20.3. The zero-order valence-electron chi connectivity index (χ0n) is 15.8. The number of hydrogen-bond donors (Lipinski definition) is 1. The lowest BCUT2D eigenvalue weighted by atomic mass is 9.71. The summed E-state index contributed by atoms with van der Waals surface area (Å²) in [5.41, 5.74) is 3.41. The molecule has 0 radical (unpaired) electrons. The van der Waals surface area contributed by atoms with E-state index >= 15 is 0 Å². The van der Waals surface area contributed by atoms with E-state index in [0.717, 1.165) is 28.1 Å². The molecule has 6 nitrogen and oxygen atoms in total. The zero-order valence-corrected chi connectivity index (χ0v) is 15.8. The van der Waals surface area contributed by atoms with Gasteiger partial charge in [0.2, 0.25) is 11.8 Å². The highest BCUT2D eigenvalue weighted by Crippen LogP contribution is 2.53. The van der Waals surface area contributed by atoms with Gasteiger partial charge in [-0.05, 0) is 37.1 Å². The maximum atomic E-state index is 13.7. The van der Waals surface area contributed by atoms with Crippen LogP contribution in [0.4, 0.5) is 11.5 Å². The Labute approximate surface area is 162 Å². The van der Waals surface area contributed by atoms with Crippen molar-refractivity contribution in [1.82, 2.24) is 9.78 Å². The largest absolute Gasteiger partial charge is 0.311 e. The van der Waals surface area contributed by atoms with Gasteiger partial charge in [-0.1, -0.05) is 36.4 Å². The molecule has 1 N–H and O–H groups in total. The van der Waals surface area contributed by atoms with Crippen LogP contribution in [0.25, 0.3) is 5.69 Å². The van der Waals surface area contributed by atoms with E-state index in [0.29, 0.717) is 12.4 Å². The molecule has 1 aromatic heterocycles. The number of nitrogens with zero attached hydrogens (tertiary/aromatic N) is 3. The van der Waals surface area contributed by atoms with E-state index < -0.39 is 5.41 Å². The maximum Gasteiger partial charge on any atom is 0.242 e. The molecule has 2 aromatic carbocycles. The number of rotatable bonds is 2. The number of anilines is 2. The number of amides is 2. The van der Waals surface area contributed by atoms with Crippen molar-refractivity contribution >= 4 is 23.3 Å². The van der Waals surface area contributed by atoms with Crippen LogP contribution in [0.1, 0.15) is 30.0 Å². The molecular formula is C22H20N4O2. The van der Waals surface area contributed by atoms with Crippen LogP contribution in [-0.2, 0) is 15.0 Å². The number of aromatic nitrogens is 2. The highest BCUT2D eigenvalue weighted by atomic mass is 16.2. The first kappa shape index (κ1) is 16.7. The van der Waals surface area contributed by atoms with Crippen molar-refractivity contribution in [3.8, 4) is 5.69 Å². The first-order valence-electron chi connectivity index (χ1n) is 9.43. The Bertz CT molecular complexity index is 1120. The molecule has 140 valence electrons. The third-order valence-electron chi connectivity index (χ3n) is 5.81. The van der Waals surface area contributed by atoms with E-state index in [1.54, 1.807) is 15.8 Å². The van der Waals surface area contributed by atoms with Crippen LogP contribution >= 0.6 is 0 Å². The van der Waals surface area contributed by atoms with E-state index in [2.05, 4.69) is 10.4 Å². The number of carbonyl (C=O) groups excluding carboxylic acids is 2. The number of carbonyl (C=O) groups is 2. The van der Waals surface area contributed by atoms with Crippen molar-refractivity contribution in [3.05, 3.63) is 71.4 Å². The number of aryl methyl sites for hydroxylation is 1. The number of hydrogen-bond acceptors (Lipinski definition) is 3. The fraction of sp³-hybridized carbons (Fsp3) is 0.227. The highest BCUT2D eigenvalue weighted by molar-refractivity contribution is 6.16. The Balaban J connectivity index is 1.80. The highest BCUT2D eigenvalue weighted by Gasteiger charge is 2.57. The molecule has 5 rings (SSSR count). The second kappa shape index (κ2) is 5.79. The van der Waals surface area contributed by atoms with Crippen molar-refractivity contribution in [1.29, 1.82) is 0 Å². The molecule has 2 amide bonds. The summed E-state index contributed by atoms with van der Waals surface area (Å²) >= 11 is 0. The third kappa shape index (κ3) is 2.00. The fourth-order valence-corrected chi connectivity index (χ4v) is 4.60. The summed E-state index contributed by atoms with van der Waals surface area (Å²) < 4.78 is 1.70. The summed E-state index contributed by atoms with van der Waals surface area (Å²) in [4.78, 5) is 28.3. The van der Waals surface area contributed by atoms with Crippen molar-refractivity contribution in [2.24, 2.45) is 0 Å². The van der Waals surface area contributed by atoms with Crippen molar-refractivity contribution in [2.45, 2.75) is 25.7 Å². The smallest absolute Gasteiger partial charge is 0.242 e. The Morgan fingerprint density at radius 3 is 2.61 bits per heavy atom. The Kier molecular flexibility index (Phi) is 3.46. The van der Waals surface area contributed by atoms with Gasteiger partial charge in [-0.25, -0.2) is 4.68 Å². The molecule has 2 aliphatic heterocycles. The predicted molar refractivity (Wildman–Crippen MR) is 107 cm³/mol. The molecule has 0 aliphatic carbocycles. The molecule has 0 fully saturated rings. The van der Waals surface area contributed by atoms with Gasteiger partial charge in [0.05, 0.1) is 17.6 Å². The summed E-state index contributed by atoms with van der Waals surface area (Å²) in [6, 6.07) is 15.5. The number of nitrogens with one attached hydrogen (secondary N) is 1. The average molecular weight is 372 g/mol. The van der Waals surface area contributed by atoms with Crippen molar-refractivity contribution in [3.63, 3.8) is 0 Å². The molecule has 2 aliphatic rings. The molecule has 28 heavy (non-hydrogen) atoms. The molecule has 0 saturated carbocycles. The Hall–Kier alpha value is -3.41. The lowest BCUT2D eigenvalue weighted by molar-refractivity contribution is -0.126. The third-order valence-corrected chi connectivity index (χ3v) is 5.81. The van der Waals surface area contributed by atoms with Gasteiger partial charge in [-0.3, -0.25) is 9.59 Å². The lowest BCUT2D eigenvalue weighted by Crippen LogP contribution is -2.46. The monoisotopic (exact) mass is 372 g/mol. The maximum absolute atomic E-state index is 13.7. The van der Waals surface area contributed by atoms with Crippen molar-refractivity contribution < 1.29 is 9.59 Å². The van der Waals surface area contributed by atoms with Gasteiger partial charge in [0.15, 0.2) is 0 Å². The van der Waals surface area contributed by atoms with Gasteiger partial charge in [0.25, 0.3) is 0 Å². The molecule has 3 heterocycles. The molecule has 0 bridgehead atoms. The van der Waals surface area contributed by atoms with Gasteiger partial charge < -0.3 is 10.2 Å². The van der Waals surface area contributed by atoms with Crippen LogP contribution in [0.3, 0.4) is 0 Å². The number of benzene rings is 2. The van der Waals surface area contributed by atoms with Crippen LogP contribution in [-0.4, -0.2) is 28.1 Å².